The van der Waals surface area contributed by atoms with Crippen molar-refractivity contribution in [3.63, 3.8) is 0 Å². The van der Waals surface area contributed by atoms with Crippen LogP contribution in [0.1, 0.15) is 43.4 Å². The van der Waals surface area contributed by atoms with E-state index in [9.17, 15) is 4.79 Å². The van der Waals surface area contributed by atoms with Crippen LogP contribution in [0.4, 0.5) is 5.69 Å². The molecule has 0 saturated heterocycles. The molecule has 3 unspecified atom stereocenters. The number of rotatable bonds is 4. The van der Waals surface area contributed by atoms with E-state index in [-0.39, 0.29) is 5.91 Å². The molecule has 0 aromatic heterocycles. The molecule has 2 fully saturated rings. The number of carbonyl (C=O) groups excluding carboxylic acids is 1. The largest absolute Gasteiger partial charge is 0.326 e. The maximum Gasteiger partial charge on any atom is 0.228 e. The minimum Gasteiger partial charge on any atom is -0.326 e. The monoisotopic (exact) mass is 270 g/mol. The fraction of sp³-hybridized carbons (Fsp3) is 0.588. The molecule has 0 bridgehead atoms. The molecule has 0 spiro atoms. The van der Waals surface area contributed by atoms with E-state index in [0.717, 1.165) is 30.0 Å². The van der Waals surface area contributed by atoms with E-state index in [1.54, 1.807) is 0 Å². The van der Waals surface area contributed by atoms with Gasteiger partial charge in [-0.15, -0.1) is 0 Å². The van der Waals surface area contributed by atoms with Crippen LogP contribution in [-0.2, 0) is 11.2 Å². The lowest BCUT2D eigenvalue weighted by atomic mass is 9.95. The van der Waals surface area contributed by atoms with Crippen molar-refractivity contribution in [3.8, 4) is 0 Å². The van der Waals surface area contributed by atoms with Gasteiger partial charge in [-0.05, 0) is 54.3 Å². The summed E-state index contributed by atoms with van der Waals surface area (Å²) in [5.41, 5.74) is 3.55. The quantitative estimate of drug-likeness (QED) is 0.883. The van der Waals surface area contributed by atoms with Crippen LogP contribution in [0.2, 0.25) is 0 Å². The Morgan fingerprint density at radius 2 is 2.15 bits per heavy atom. The Morgan fingerprint density at radius 3 is 2.90 bits per heavy atom. The number of amides is 1. The zero-order valence-electron chi connectivity index (χ0n) is 12.0. The van der Waals surface area contributed by atoms with Gasteiger partial charge in [0.1, 0.15) is 0 Å². The molecule has 2 saturated carbocycles. The number of benzene rings is 1. The number of fused-ring (bicyclic) bond motifs is 2. The third-order valence-corrected chi connectivity index (χ3v) is 5.40. The van der Waals surface area contributed by atoms with E-state index in [0.29, 0.717) is 12.5 Å². The van der Waals surface area contributed by atoms with Gasteiger partial charge in [0.05, 0.1) is 6.42 Å². The van der Waals surface area contributed by atoms with E-state index < -0.39 is 0 Å². The van der Waals surface area contributed by atoms with Crippen molar-refractivity contribution in [3.05, 3.63) is 29.3 Å². The molecule has 2 aliphatic carbocycles. The number of anilines is 1. The molecule has 106 valence electrons. The smallest absolute Gasteiger partial charge is 0.228 e. The van der Waals surface area contributed by atoms with Gasteiger partial charge in [-0.1, -0.05) is 25.5 Å². The molecule has 3 heteroatoms. The van der Waals surface area contributed by atoms with Gasteiger partial charge in [0.2, 0.25) is 5.91 Å². The van der Waals surface area contributed by atoms with E-state index in [1.165, 1.54) is 30.4 Å². The topological polar surface area (TPSA) is 41.1 Å². The van der Waals surface area contributed by atoms with Gasteiger partial charge in [-0.25, -0.2) is 0 Å². The van der Waals surface area contributed by atoms with Gasteiger partial charge in [0.25, 0.3) is 0 Å². The minimum absolute atomic E-state index is 0.125. The van der Waals surface area contributed by atoms with E-state index in [2.05, 4.69) is 35.8 Å². The van der Waals surface area contributed by atoms with Crippen molar-refractivity contribution in [2.45, 2.75) is 38.6 Å². The first-order chi connectivity index (χ1) is 9.78. The van der Waals surface area contributed by atoms with Crippen LogP contribution < -0.4 is 10.6 Å². The summed E-state index contributed by atoms with van der Waals surface area (Å²) in [4.78, 5) is 11.5. The van der Waals surface area contributed by atoms with Crippen molar-refractivity contribution in [2.75, 3.05) is 11.9 Å². The van der Waals surface area contributed by atoms with Crippen LogP contribution in [0.25, 0.3) is 0 Å². The lowest BCUT2D eigenvalue weighted by Crippen LogP contribution is -2.24. The molecule has 4 rings (SSSR count). The molecule has 3 aliphatic rings. The summed E-state index contributed by atoms with van der Waals surface area (Å²) in [6.45, 7) is 3.19. The van der Waals surface area contributed by atoms with Gasteiger partial charge in [0.15, 0.2) is 0 Å². The SMILES string of the molecule is CCNC(c1ccc2c(c1)CC(=O)N2)C1C2CCCC21. The Balaban J connectivity index is 1.61. The van der Waals surface area contributed by atoms with Crippen LogP contribution in [0.15, 0.2) is 18.2 Å². The lowest BCUT2D eigenvalue weighted by Gasteiger charge is -2.21. The lowest BCUT2D eigenvalue weighted by molar-refractivity contribution is -0.115. The zero-order valence-corrected chi connectivity index (χ0v) is 12.0. The van der Waals surface area contributed by atoms with Crippen molar-refractivity contribution in [1.82, 2.24) is 5.32 Å². The third kappa shape index (κ3) is 1.87. The van der Waals surface area contributed by atoms with Crippen molar-refractivity contribution < 1.29 is 4.79 Å². The summed E-state index contributed by atoms with van der Waals surface area (Å²) in [6, 6.07) is 7.01. The summed E-state index contributed by atoms with van der Waals surface area (Å²) in [6.07, 6.45) is 4.80. The number of carbonyl (C=O) groups is 1. The number of nitrogens with one attached hydrogen (secondary N) is 2. The Kier molecular flexibility index (Phi) is 2.84. The first-order valence-corrected chi connectivity index (χ1v) is 7.94. The number of hydrogen-bond acceptors (Lipinski definition) is 2. The zero-order chi connectivity index (χ0) is 13.7. The van der Waals surface area contributed by atoms with E-state index in [1.807, 2.05) is 0 Å². The second-order valence-corrected chi connectivity index (χ2v) is 6.51. The highest BCUT2D eigenvalue weighted by Crippen LogP contribution is 2.62. The summed E-state index contributed by atoms with van der Waals surface area (Å²) >= 11 is 0. The van der Waals surface area contributed by atoms with Gasteiger partial charge in [0, 0.05) is 11.7 Å². The predicted octanol–water partition coefficient (Wildman–Crippen LogP) is 2.88. The summed E-state index contributed by atoms with van der Waals surface area (Å²) in [7, 11) is 0. The second-order valence-electron chi connectivity index (χ2n) is 6.51. The standard InChI is InChI=1S/C17H22N2O/c1-2-18-17(16-12-4-3-5-13(12)16)10-6-7-14-11(8-10)9-15(20)19-14/h6-8,12-13,16-18H,2-5,9H2,1H3,(H,19,20). The minimum atomic E-state index is 0.125. The van der Waals surface area contributed by atoms with Crippen LogP contribution in [0, 0.1) is 17.8 Å². The normalized spacial score (nSPS) is 31.6. The average Bonchev–Trinajstić information content (AvgIpc) is 2.79. The van der Waals surface area contributed by atoms with Crippen LogP contribution in [-0.4, -0.2) is 12.5 Å². The molecule has 1 aliphatic heterocycles. The molecule has 1 heterocycles. The molecular weight excluding hydrogens is 248 g/mol. The molecule has 20 heavy (non-hydrogen) atoms. The fourth-order valence-electron chi connectivity index (χ4n) is 4.51. The van der Waals surface area contributed by atoms with Crippen molar-refractivity contribution in [2.24, 2.45) is 17.8 Å². The maximum atomic E-state index is 11.5. The first-order valence-electron chi connectivity index (χ1n) is 7.94. The summed E-state index contributed by atoms with van der Waals surface area (Å²) < 4.78 is 0. The molecule has 3 nitrogen and oxygen atoms in total. The Morgan fingerprint density at radius 1 is 1.35 bits per heavy atom. The molecule has 1 amide bonds. The van der Waals surface area contributed by atoms with Crippen molar-refractivity contribution >= 4 is 11.6 Å². The van der Waals surface area contributed by atoms with Gasteiger partial charge >= 0.3 is 0 Å². The average molecular weight is 270 g/mol. The first kappa shape index (κ1) is 12.4. The van der Waals surface area contributed by atoms with Gasteiger partial charge in [-0.2, -0.15) is 0 Å². The highest BCUT2D eigenvalue weighted by atomic mass is 16.1. The van der Waals surface area contributed by atoms with Gasteiger partial charge < -0.3 is 10.6 Å². The van der Waals surface area contributed by atoms with Crippen molar-refractivity contribution in [1.29, 1.82) is 0 Å². The summed E-state index contributed by atoms with van der Waals surface area (Å²) in [5.74, 6) is 2.85. The fourth-order valence-corrected chi connectivity index (χ4v) is 4.51. The Bertz CT molecular complexity index is 544. The highest BCUT2D eigenvalue weighted by Gasteiger charge is 2.55. The molecule has 3 atom stereocenters. The number of hydrogen-bond donors (Lipinski definition) is 2. The molecule has 1 aromatic carbocycles. The second kappa shape index (κ2) is 4.59. The highest BCUT2D eigenvalue weighted by molar-refractivity contribution is 5.99. The van der Waals surface area contributed by atoms with Crippen LogP contribution in [0.3, 0.4) is 0 Å². The van der Waals surface area contributed by atoms with E-state index >= 15 is 0 Å². The predicted molar refractivity (Wildman–Crippen MR) is 79.5 cm³/mol. The molecule has 2 N–H and O–H groups in total. The Labute approximate surface area is 120 Å². The Hall–Kier alpha value is -1.35. The van der Waals surface area contributed by atoms with E-state index in [4.69, 9.17) is 0 Å². The molecular formula is C17H22N2O. The third-order valence-electron chi connectivity index (χ3n) is 5.40. The maximum absolute atomic E-state index is 11.5. The van der Waals surface area contributed by atoms with Gasteiger partial charge in [-0.3, -0.25) is 4.79 Å². The summed E-state index contributed by atoms with van der Waals surface area (Å²) in [5, 5.41) is 6.61. The van der Waals surface area contributed by atoms with Crippen LogP contribution >= 0.6 is 0 Å². The molecule has 1 aromatic rings. The molecule has 0 radical (unpaired) electrons. The van der Waals surface area contributed by atoms with Crippen LogP contribution in [0.5, 0.6) is 0 Å².